The molecule has 2 atom stereocenters. The molecule has 1 aromatic carbocycles. The molecular formula is C21H23FN2O2. The molecule has 0 saturated heterocycles. The molecule has 2 aliphatic carbocycles. The Kier molecular flexibility index (Phi) is 3.79. The largest absolute Gasteiger partial charge is 0.451 e. The highest BCUT2D eigenvalue weighted by molar-refractivity contribution is 5.97. The fourth-order valence-electron chi connectivity index (χ4n) is 4.50. The number of hydrogen-bond donors (Lipinski definition) is 1. The molecule has 0 radical (unpaired) electrons. The molecule has 0 unspecified atom stereocenters. The van der Waals surface area contributed by atoms with Gasteiger partial charge in [-0.05, 0) is 67.0 Å². The van der Waals surface area contributed by atoms with Gasteiger partial charge in [-0.3, -0.25) is 4.79 Å². The van der Waals surface area contributed by atoms with Crippen LogP contribution in [0.5, 0.6) is 0 Å². The number of rotatable bonds is 3. The van der Waals surface area contributed by atoms with E-state index in [0.717, 1.165) is 24.1 Å². The number of nitrogens with one attached hydrogen (secondary N) is 1. The molecule has 1 amide bonds. The molecule has 1 N–H and O–H groups in total. The molecule has 2 aliphatic rings. The van der Waals surface area contributed by atoms with Crippen molar-refractivity contribution in [2.24, 2.45) is 21.8 Å². The van der Waals surface area contributed by atoms with Gasteiger partial charge < -0.3 is 4.42 Å². The van der Waals surface area contributed by atoms with Crippen molar-refractivity contribution < 1.29 is 13.6 Å². The minimum Gasteiger partial charge on any atom is -0.451 e. The number of carbonyl (C=O) groups excluding carboxylic acids is 1. The summed E-state index contributed by atoms with van der Waals surface area (Å²) < 4.78 is 18.6. The van der Waals surface area contributed by atoms with Crippen LogP contribution in [-0.4, -0.2) is 11.6 Å². The Morgan fingerprint density at radius 1 is 1.19 bits per heavy atom. The lowest BCUT2D eigenvalue weighted by Gasteiger charge is -2.34. The quantitative estimate of drug-likeness (QED) is 0.787. The van der Waals surface area contributed by atoms with E-state index >= 15 is 0 Å². The van der Waals surface area contributed by atoms with Gasteiger partial charge in [0.15, 0.2) is 5.76 Å². The molecule has 2 saturated carbocycles. The van der Waals surface area contributed by atoms with E-state index in [1.807, 2.05) is 0 Å². The molecule has 4 rings (SSSR count). The molecule has 1 aromatic heterocycles. The highest BCUT2D eigenvalue weighted by Gasteiger charge is 2.60. The summed E-state index contributed by atoms with van der Waals surface area (Å²) in [5, 5.41) is 4.45. The fraction of sp³-hybridized carbons (Fsp3) is 0.429. The zero-order chi connectivity index (χ0) is 18.5. The standard InChI is InChI=1S/C21H23FN2O2/c1-20(2)14-10-11-21(20,3)18(12-14)23-24-19(25)17-9-8-16(26-17)13-4-6-15(22)7-5-13/h4-9,14H,10-12H2,1-3H3,(H,24,25)/b23-18+/t14-,21+/m0/s1. The second-order valence-electron chi connectivity index (χ2n) is 8.16. The van der Waals surface area contributed by atoms with Crippen LogP contribution < -0.4 is 5.43 Å². The minimum atomic E-state index is -0.366. The van der Waals surface area contributed by atoms with E-state index in [4.69, 9.17) is 4.42 Å². The first kappa shape index (κ1) is 17.0. The molecule has 4 nitrogen and oxygen atoms in total. The first-order valence-corrected chi connectivity index (χ1v) is 9.04. The van der Waals surface area contributed by atoms with Crippen molar-refractivity contribution in [3.05, 3.63) is 48.0 Å². The number of furan rings is 1. The van der Waals surface area contributed by atoms with Crippen molar-refractivity contribution in [3.63, 3.8) is 0 Å². The lowest BCUT2D eigenvalue weighted by Crippen LogP contribution is -2.34. The highest BCUT2D eigenvalue weighted by Crippen LogP contribution is 2.63. The summed E-state index contributed by atoms with van der Waals surface area (Å²) in [5.41, 5.74) is 4.73. The lowest BCUT2D eigenvalue weighted by molar-refractivity contribution is 0.0927. The minimum absolute atomic E-state index is 0.0490. The summed E-state index contributed by atoms with van der Waals surface area (Å²) >= 11 is 0. The summed E-state index contributed by atoms with van der Waals surface area (Å²) in [5.74, 6) is 0.681. The number of halogens is 1. The number of hydrogen-bond acceptors (Lipinski definition) is 3. The number of amides is 1. The van der Waals surface area contributed by atoms with Crippen molar-refractivity contribution in [2.45, 2.75) is 40.0 Å². The Bertz CT molecular complexity index is 882. The smallest absolute Gasteiger partial charge is 0.307 e. The molecule has 136 valence electrons. The van der Waals surface area contributed by atoms with Gasteiger partial charge >= 0.3 is 5.91 Å². The van der Waals surface area contributed by atoms with Crippen molar-refractivity contribution in [3.8, 4) is 11.3 Å². The van der Waals surface area contributed by atoms with Crippen LogP contribution in [0.25, 0.3) is 11.3 Å². The highest BCUT2D eigenvalue weighted by atomic mass is 19.1. The number of benzene rings is 1. The first-order chi connectivity index (χ1) is 12.3. The molecule has 0 aliphatic heterocycles. The average molecular weight is 354 g/mol. The molecule has 1 heterocycles. The van der Waals surface area contributed by atoms with E-state index in [2.05, 4.69) is 31.3 Å². The normalized spacial score (nSPS) is 27.8. The predicted molar refractivity (Wildman–Crippen MR) is 98.2 cm³/mol. The van der Waals surface area contributed by atoms with E-state index in [1.54, 1.807) is 24.3 Å². The van der Waals surface area contributed by atoms with Crippen LogP contribution in [0.15, 0.2) is 45.9 Å². The van der Waals surface area contributed by atoms with E-state index in [1.165, 1.54) is 18.6 Å². The monoisotopic (exact) mass is 354 g/mol. The topological polar surface area (TPSA) is 54.6 Å². The Balaban J connectivity index is 1.49. The summed E-state index contributed by atoms with van der Waals surface area (Å²) in [6.45, 7) is 6.86. The average Bonchev–Trinajstić information content (AvgIpc) is 3.23. The Morgan fingerprint density at radius 3 is 2.54 bits per heavy atom. The maximum Gasteiger partial charge on any atom is 0.307 e. The summed E-state index contributed by atoms with van der Waals surface area (Å²) in [6.07, 6.45) is 3.30. The van der Waals surface area contributed by atoms with Crippen LogP contribution in [-0.2, 0) is 0 Å². The Hall–Kier alpha value is -2.43. The van der Waals surface area contributed by atoms with Crippen LogP contribution in [0.4, 0.5) is 4.39 Å². The predicted octanol–water partition coefficient (Wildman–Crippen LogP) is 5.02. The van der Waals surface area contributed by atoms with E-state index < -0.39 is 0 Å². The van der Waals surface area contributed by atoms with Gasteiger partial charge in [-0.2, -0.15) is 5.10 Å². The SMILES string of the molecule is CC1(C)[C@H]2CC[C@]1(C)/C(=N/NC(=O)c1ccc(-c3ccc(F)cc3)o1)C2. The van der Waals surface area contributed by atoms with Gasteiger partial charge in [0.05, 0.1) is 0 Å². The summed E-state index contributed by atoms with van der Waals surface area (Å²) in [7, 11) is 0. The molecule has 2 bridgehead atoms. The third-order valence-electron chi connectivity index (χ3n) is 6.76. The summed E-state index contributed by atoms with van der Waals surface area (Å²) in [6, 6.07) is 9.28. The van der Waals surface area contributed by atoms with E-state index in [9.17, 15) is 9.18 Å². The van der Waals surface area contributed by atoms with Gasteiger partial charge in [0.1, 0.15) is 11.6 Å². The molecule has 5 heteroatoms. The molecule has 0 spiro atoms. The van der Waals surface area contributed by atoms with Crippen LogP contribution in [0.1, 0.15) is 50.6 Å². The van der Waals surface area contributed by atoms with Crippen LogP contribution in [0, 0.1) is 22.6 Å². The Labute approximate surface area is 152 Å². The van der Waals surface area contributed by atoms with Gasteiger partial charge in [0.2, 0.25) is 0 Å². The number of fused-ring (bicyclic) bond motifs is 2. The third-order valence-corrected chi connectivity index (χ3v) is 6.76. The van der Waals surface area contributed by atoms with Gasteiger partial charge in [0.25, 0.3) is 0 Å². The van der Waals surface area contributed by atoms with Crippen LogP contribution in [0.3, 0.4) is 0 Å². The second kappa shape index (κ2) is 5.79. The molecular weight excluding hydrogens is 331 g/mol. The molecule has 26 heavy (non-hydrogen) atoms. The molecule has 2 aromatic rings. The number of hydrazone groups is 1. The van der Waals surface area contributed by atoms with E-state index in [-0.39, 0.29) is 28.3 Å². The van der Waals surface area contributed by atoms with Gasteiger partial charge in [-0.25, -0.2) is 9.82 Å². The lowest BCUT2D eigenvalue weighted by atomic mass is 9.70. The first-order valence-electron chi connectivity index (χ1n) is 9.04. The van der Waals surface area contributed by atoms with Crippen LogP contribution in [0.2, 0.25) is 0 Å². The van der Waals surface area contributed by atoms with E-state index in [0.29, 0.717) is 11.7 Å². The summed E-state index contributed by atoms with van der Waals surface area (Å²) in [4.78, 5) is 12.4. The van der Waals surface area contributed by atoms with Crippen molar-refractivity contribution >= 4 is 11.6 Å². The third kappa shape index (κ3) is 2.49. The van der Waals surface area contributed by atoms with Gasteiger partial charge in [-0.15, -0.1) is 0 Å². The van der Waals surface area contributed by atoms with Gasteiger partial charge in [-0.1, -0.05) is 20.8 Å². The fourth-order valence-corrected chi connectivity index (χ4v) is 4.50. The Morgan fingerprint density at radius 2 is 1.92 bits per heavy atom. The van der Waals surface area contributed by atoms with Crippen molar-refractivity contribution in [2.75, 3.05) is 0 Å². The molecule has 2 fully saturated rings. The maximum atomic E-state index is 13.0. The van der Waals surface area contributed by atoms with Crippen LogP contribution >= 0.6 is 0 Å². The number of carbonyl (C=O) groups is 1. The number of nitrogens with zero attached hydrogens (tertiary/aromatic N) is 1. The zero-order valence-electron chi connectivity index (χ0n) is 15.3. The van der Waals surface area contributed by atoms with Gasteiger partial charge in [0, 0.05) is 16.7 Å². The van der Waals surface area contributed by atoms with Crippen molar-refractivity contribution in [1.29, 1.82) is 0 Å². The second-order valence-corrected chi connectivity index (χ2v) is 8.16. The maximum absolute atomic E-state index is 13.0. The zero-order valence-corrected chi connectivity index (χ0v) is 15.3. The van der Waals surface area contributed by atoms with Crippen molar-refractivity contribution in [1.82, 2.24) is 5.43 Å².